The Kier molecular flexibility index (Phi) is 5.31. The number of rotatable bonds is 2. The fraction of sp³-hybridized carbons (Fsp3) is 0.385. The number of benzene rings is 1. The zero-order valence-electron chi connectivity index (χ0n) is 11.3. The Morgan fingerprint density at radius 2 is 2.00 bits per heavy atom. The van der Waals surface area contributed by atoms with Crippen LogP contribution in [0, 0.1) is 0 Å². The van der Waals surface area contributed by atoms with Crippen LogP contribution in [0.1, 0.15) is 31.1 Å². The van der Waals surface area contributed by atoms with Crippen molar-refractivity contribution in [1.29, 1.82) is 0 Å². The number of amides is 1. The van der Waals surface area contributed by atoms with Crippen LogP contribution in [0.2, 0.25) is 0 Å². The number of carbonyl (C=O) groups is 1. The number of hydrogen-bond acceptors (Lipinski definition) is 3. The topological polar surface area (TPSA) is 50.4 Å². The molecule has 4 nitrogen and oxygen atoms in total. The van der Waals surface area contributed by atoms with Crippen LogP contribution in [0.15, 0.2) is 22.7 Å². The molecule has 0 aromatic heterocycles. The van der Waals surface area contributed by atoms with Gasteiger partial charge in [-0.2, -0.15) is 0 Å². The molecule has 0 saturated carbocycles. The molecule has 19 heavy (non-hydrogen) atoms. The van der Waals surface area contributed by atoms with E-state index in [1.54, 1.807) is 18.2 Å². The SMILES string of the molecule is COc1ccc(Br)cc1C(=O)NC(=S)NC(C)(C)C. The summed E-state index contributed by atoms with van der Waals surface area (Å²) in [6, 6.07) is 5.22. The second-order valence-electron chi connectivity index (χ2n) is 5.00. The number of methoxy groups -OCH3 is 1. The lowest BCUT2D eigenvalue weighted by Crippen LogP contribution is -2.48. The summed E-state index contributed by atoms with van der Waals surface area (Å²) < 4.78 is 5.96. The summed E-state index contributed by atoms with van der Waals surface area (Å²) >= 11 is 8.42. The number of nitrogens with one attached hydrogen (secondary N) is 2. The summed E-state index contributed by atoms with van der Waals surface area (Å²) in [5, 5.41) is 5.95. The fourth-order valence-corrected chi connectivity index (χ4v) is 2.16. The van der Waals surface area contributed by atoms with Crippen molar-refractivity contribution in [3.05, 3.63) is 28.2 Å². The zero-order chi connectivity index (χ0) is 14.6. The predicted octanol–water partition coefficient (Wildman–Crippen LogP) is 2.86. The first-order valence-electron chi connectivity index (χ1n) is 5.70. The molecule has 1 amide bonds. The van der Waals surface area contributed by atoms with Crippen LogP contribution >= 0.6 is 28.1 Å². The molecule has 6 heteroatoms. The minimum absolute atomic E-state index is 0.203. The summed E-state index contributed by atoms with van der Waals surface area (Å²) in [4.78, 5) is 12.1. The Bertz CT molecular complexity index is 498. The van der Waals surface area contributed by atoms with Crippen molar-refractivity contribution in [1.82, 2.24) is 10.6 Å². The lowest BCUT2D eigenvalue weighted by Gasteiger charge is -2.22. The zero-order valence-corrected chi connectivity index (χ0v) is 13.7. The smallest absolute Gasteiger partial charge is 0.261 e. The molecule has 0 fully saturated rings. The Morgan fingerprint density at radius 1 is 1.37 bits per heavy atom. The van der Waals surface area contributed by atoms with E-state index < -0.39 is 0 Å². The number of hydrogen-bond donors (Lipinski definition) is 2. The fourth-order valence-electron chi connectivity index (χ4n) is 1.40. The first-order chi connectivity index (χ1) is 8.73. The lowest BCUT2D eigenvalue weighted by atomic mass is 10.1. The van der Waals surface area contributed by atoms with Gasteiger partial charge in [-0.1, -0.05) is 15.9 Å². The van der Waals surface area contributed by atoms with E-state index in [1.807, 2.05) is 20.8 Å². The summed E-state index contributed by atoms with van der Waals surface area (Å²) in [5.41, 5.74) is 0.223. The third-order valence-electron chi connectivity index (χ3n) is 2.12. The van der Waals surface area contributed by atoms with Gasteiger partial charge in [0.15, 0.2) is 5.11 Å². The quantitative estimate of drug-likeness (QED) is 0.810. The Balaban J connectivity index is 2.84. The third kappa shape index (κ3) is 5.16. The van der Waals surface area contributed by atoms with Crippen LogP contribution in [0.25, 0.3) is 0 Å². The first-order valence-corrected chi connectivity index (χ1v) is 6.90. The highest BCUT2D eigenvalue weighted by atomic mass is 79.9. The molecular formula is C13H17BrN2O2S. The molecule has 0 radical (unpaired) electrons. The Hall–Kier alpha value is -1.14. The van der Waals surface area contributed by atoms with Crippen molar-refractivity contribution in [2.75, 3.05) is 7.11 Å². The molecule has 0 aliphatic rings. The van der Waals surface area contributed by atoms with E-state index in [0.717, 1.165) is 4.47 Å². The normalized spacial score (nSPS) is 10.8. The van der Waals surface area contributed by atoms with Crippen LogP contribution in [0.4, 0.5) is 0 Å². The molecule has 0 saturated heterocycles. The van der Waals surface area contributed by atoms with Crippen molar-refractivity contribution < 1.29 is 9.53 Å². The van der Waals surface area contributed by atoms with E-state index in [0.29, 0.717) is 16.4 Å². The van der Waals surface area contributed by atoms with Crippen LogP contribution in [0.5, 0.6) is 5.75 Å². The largest absolute Gasteiger partial charge is 0.496 e. The van der Waals surface area contributed by atoms with Crippen molar-refractivity contribution in [3.8, 4) is 5.75 Å². The van der Waals surface area contributed by atoms with Crippen molar-refractivity contribution in [2.24, 2.45) is 0 Å². The second-order valence-corrected chi connectivity index (χ2v) is 6.33. The van der Waals surface area contributed by atoms with E-state index in [2.05, 4.69) is 26.6 Å². The van der Waals surface area contributed by atoms with E-state index >= 15 is 0 Å². The van der Waals surface area contributed by atoms with Gasteiger partial charge in [-0.15, -0.1) is 0 Å². The minimum atomic E-state index is -0.306. The maximum absolute atomic E-state index is 12.1. The molecule has 0 aliphatic carbocycles. The van der Waals surface area contributed by atoms with Gasteiger partial charge in [-0.3, -0.25) is 10.1 Å². The van der Waals surface area contributed by atoms with Crippen molar-refractivity contribution in [3.63, 3.8) is 0 Å². The number of ether oxygens (including phenoxy) is 1. The van der Waals surface area contributed by atoms with E-state index in [1.165, 1.54) is 7.11 Å². The molecule has 1 rings (SSSR count). The summed E-state index contributed by atoms with van der Waals surface area (Å²) in [6.07, 6.45) is 0. The van der Waals surface area contributed by atoms with Gasteiger partial charge in [-0.05, 0) is 51.2 Å². The average Bonchev–Trinajstić information content (AvgIpc) is 2.26. The van der Waals surface area contributed by atoms with Gasteiger partial charge in [0.05, 0.1) is 12.7 Å². The van der Waals surface area contributed by atoms with E-state index in [9.17, 15) is 4.79 Å². The Morgan fingerprint density at radius 3 is 2.53 bits per heavy atom. The van der Waals surface area contributed by atoms with Gasteiger partial charge >= 0.3 is 0 Å². The molecule has 0 aliphatic heterocycles. The molecule has 0 spiro atoms. The van der Waals surface area contributed by atoms with E-state index in [-0.39, 0.29) is 11.4 Å². The highest BCUT2D eigenvalue weighted by molar-refractivity contribution is 9.10. The highest BCUT2D eigenvalue weighted by Gasteiger charge is 2.16. The van der Waals surface area contributed by atoms with Gasteiger partial charge in [-0.25, -0.2) is 0 Å². The van der Waals surface area contributed by atoms with E-state index in [4.69, 9.17) is 17.0 Å². The van der Waals surface area contributed by atoms with Gasteiger partial charge in [0.2, 0.25) is 0 Å². The molecule has 0 atom stereocenters. The number of carbonyl (C=O) groups excluding carboxylic acids is 1. The van der Waals surface area contributed by atoms with Gasteiger partial charge in [0, 0.05) is 10.0 Å². The molecule has 104 valence electrons. The highest BCUT2D eigenvalue weighted by Crippen LogP contribution is 2.22. The third-order valence-corrected chi connectivity index (χ3v) is 2.82. The molecule has 0 unspecified atom stereocenters. The standard InChI is InChI=1S/C13H17BrN2O2S/c1-13(2,3)16-12(19)15-11(17)9-7-8(14)5-6-10(9)18-4/h5-7H,1-4H3,(H2,15,16,17,19). The van der Waals surface area contributed by atoms with Crippen LogP contribution in [0.3, 0.4) is 0 Å². The average molecular weight is 345 g/mol. The molecule has 0 heterocycles. The maximum Gasteiger partial charge on any atom is 0.261 e. The lowest BCUT2D eigenvalue weighted by molar-refractivity contribution is 0.0973. The maximum atomic E-state index is 12.1. The molecule has 2 N–H and O–H groups in total. The molecule has 1 aromatic rings. The van der Waals surface area contributed by atoms with Crippen LogP contribution < -0.4 is 15.4 Å². The van der Waals surface area contributed by atoms with Crippen LogP contribution in [-0.2, 0) is 0 Å². The molecule has 1 aromatic carbocycles. The number of thiocarbonyl (C=S) groups is 1. The van der Waals surface area contributed by atoms with Gasteiger partial charge in [0.1, 0.15) is 5.75 Å². The monoisotopic (exact) mass is 344 g/mol. The van der Waals surface area contributed by atoms with Crippen molar-refractivity contribution in [2.45, 2.75) is 26.3 Å². The number of halogens is 1. The molecule has 0 bridgehead atoms. The van der Waals surface area contributed by atoms with Gasteiger partial charge < -0.3 is 10.1 Å². The van der Waals surface area contributed by atoms with Crippen molar-refractivity contribution >= 4 is 39.2 Å². The molecular weight excluding hydrogens is 328 g/mol. The summed E-state index contributed by atoms with van der Waals surface area (Å²) in [7, 11) is 1.52. The minimum Gasteiger partial charge on any atom is -0.496 e. The second kappa shape index (κ2) is 6.34. The van der Waals surface area contributed by atoms with Gasteiger partial charge in [0.25, 0.3) is 5.91 Å². The van der Waals surface area contributed by atoms with Crippen LogP contribution in [-0.4, -0.2) is 23.7 Å². The summed E-state index contributed by atoms with van der Waals surface area (Å²) in [5.74, 6) is 0.194. The Labute approximate surface area is 127 Å². The summed E-state index contributed by atoms with van der Waals surface area (Å²) in [6.45, 7) is 5.89. The predicted molar refractivity (Wildman–Crippen MR) is 83.6 cm³/mol. The first kappa shape index (κ1) is 15.9.